The number of primary amides is 1. The van der Waals surface area contributed by atoms with Crippen LogP contribution in [0.2, 0.25) is 0 Å². The van der Waals surface area contributed by atoms with Gasteiger partial charge in [0.1, 0.15) is 5.69 Å². The van der Waals surface area contributed by atoms with Gasteiger partial charge in [-0.15, -0.1) is 11.3 Å². The number of piperazine rings is 1. The van der Waals surface area contributed by atoms with Crippen molar-refractivity contribution in [3.63, 3.8) is 0 Å². The summed E-state index contributed by atoms with van der Waals surface area (Å²) in [6, 6.07) is 7.83. The number of hydrogen-bond donors (Lipinski definition) is 3. The van der Waals surface area contributed by atoms with Gasteiger partial charge in [0.15, 0.2) is 0 Å². The monoisotopic (exact) mass is 428 g/mol. The third-order valence-electron chi connectivity index (χ3n) is 5.69. The standard InChI is InChI=1S/C21H28N6O2S/c22-19(28)13-26-9-11-27(12-10-26)18-4-2-1-3-16(18)24-20(29)17-14-30-21(25-17)15-5-7-23-8-6-15/h1-4,14-15,23H,5-13H2,(H2,22,28)(H,24,29). The van der Waals surface area contributed by atoms with Gasteiger partial charge in [-0.1, -0.05) is 12.1 Å². The van der Waals surface area contributed by atoms with Crippen LogP contribution in [0.4, 0.5) is 11.4 Å². The van der Waals surface area contributed by atoms with E-state index in [0.717, 1.165) is 68.5 Å². The van der Waals surface area contributed by atoms with E-state index in [9.17, 15) is 9.59 Å². The lowest BCUT2D eigenvalue weighted by Gasteiger charge is -2.36. The minimum Gasteiger partial charge on any atom is -0.369 e. The molecular formula is C21H28N6O2S. The van der Waals surface area contributed by atoms with Crippen LogP contribution in [0.1, 0.15) is 34.3 Å². The maximum Gasteiger partial charge on any atom is 0.275 e. The molecule has 1 aromatic carbocycles. The molecule has 9 heteroatoms. The zero-order valence-electron chi connectivity index (χ0n) is 17.0. The fourth-order valence-corrected chi connectivity index (χ4v) is 5.03. The Morgan fingerprint density at radius 1 is 1.17 bits per heavy atom. The van der Waals surface area contributed by atoms with E-state index in [0.29, 0.717) is 11.6 Å². The maximum atomic E-state index is 12.9. The summed E-state index contributed by atoms with van der Waals surface area (Å²) in [5.74, 6) is -0.0312. The zero-order valence-corrected chi connectivity index (χ0v) is 17.8. The number of carbonyl (C=O) groups is 2. The van der Waals surface area contributed by atoms with Crippen LogP contribution >= 0.6 is 11.3 Å². The number of para-hydroxylation sites is 2. The Bertz CT molecular complexity index is 887. The van der Waals surface area contributed by atoms with Crippen LogP contribution in [-0.4, -0.2) is 67.5 Å². The van der Waals surface area contributed by atoms with Crippen molar-refractivity contribution < 1.29 is 9.59 Å². The molecule has 0 radical (unpaired) electrons. The fourth-order valence-electron chi connectivity index (χ4n) is 4.06. The van der Waals surface area contributed by atoms with E-state index >= 15 is 0 Å². The molecule has 2 aromatic rings. The quantitative estimate of drug-likeness (QED) is 0.644. The van der Waals surface area contributed by atoms with E-state index < -0.39 is 0 Å². The molecule has 4 rings (SSSR count). The summed E-state index contributed by atoms with van der Waals surface area (Å²) in [5.41, 5.74) is 7.55. The molecule has 4 N–H and O–H groups in total. The number of nitrogens with two attached hydrogens (primary N) is 1. The SMILES string of the molecule is NC(=O)CN1CCN(c2ccccc2NC(=O)c2csc(C3CCNCC3)n2)CC1. The number of amides is 2. The predicted octanol–water partition coefficient (Wildman–Crippen LogP) is 1.47. The lowest BCUT2D eigenvalue weighted by Crippen LogP contribution is -2.49. The normalized spacial score (nSPS) is 18.3. The van der Waals surface area contributed by atoms with E-state index in [1.54, 1.807) is 11.3 Å². The average Bonchev–Trinajstić information content (AvgIpc) is 3.26. The van der Waals surface area contributed by atoms with Crippen molar-refractivity contribution in [1.29, 1.82) is 0 Å². The number of rotatable bonds is 6. The second-order valence-corrected chi connectivity index (χ2v) is 8.69. The number of carbonyl (C=O) groups excluding carboxylic acids is 2. The highest BCUT2D eigenvalue weighted by atomic mass is 32.1. The highest BCUT2D eigenvalue weighted by Crippen LogP contribution is 2.30. The molecule has 2 saturated heterocycles. The van der Waals surface area contributed by atoms with Gasteiger partial charge < -0.3 is 21.3 Å². The van der Waals surface area contributed by atoms with Gasteiger partial charge in [0.05, 0.1) is 22.9 Å². The summed E-state index contributed by atoms with van der Waals surface area (Å²) in [7, 11) is 0. The molecule has 0 bridgehead atoms. The molecule has 0 saturated carbocycles. The molecule has 2 fully saturated rings. The number of thiazole rings is 1. The summed E-state index contributed by atoms with van der Waals surface area (Å²) in [6.45, 7) is 5.37. The summed E-state index contributed by atoms with van der Waals surface area (Å²) in [4.78, 5) is 32.9. The van der Waals surface area contributed by atoms with Gasteiger partial charge in [0.25, 0.3) is 5.91 Å². The molecule has 2 aliphatic heterocycles. The highest BCUT2D eigenvalue weighted by molar-refractivity contribution is 7.10. The van der Waals surface area contributed by atoms with Gasteiger partial charge in [-0.2, -0.15) is 0 Å². The third-order valence-corrected chi connectivity index (χ3v) is 6.69. The Labute approximate surface area is 180 Å². The largest absolute Gasteiger partial charge is 0.369 e. The summed E-state index contributed by atoms with van der Waals surface area (Å²) in [5, 5.41) is 9.33. The molecule has 2 aliphatic rings. The van der Waals surface area contributed by atoms with Crippen LogP contribution in [0.25, 0.3) is 0 Å². The number of nitrogens with one attached hydrogen (secondary N) is 2. The van der Waals surface area contributed by atoms with E-state index in [-0.39, 0.29) is 18.4 Å². The van der Waals surface area contributed by atoms with E-state index in [4.69, 9.17) is 5.73 Å². The fraction of sp³-hybridized carbons (Fsp3) is 0.476. The number of piperidine rings is 1. The molecule has 2 amide bonds. The number of hydrogen-bond acceptors (Lipinski definition) is 7. The Balaban J connectivity index is 1.41. The van der Waals surface area contributed by atoms with E-state index in [2.05, 4.69) is 25.4 Å². The lowest BCUT2D eigenvalue weighted by molar-refractivity contribution is -0.119. The second kappa shape index (κ2) is 9.55. The number of aromatic nitrogens is 1. The first kappa shape index (κ1) is 20.8. The second-order valence-electron chi connectivity index (χ2n) is 7.80. The van der Waals surface area contributed by atoms with Crippen molar-refractivity contribution >= 4 is 34.5 Å². The topological polar surface area (TPSA) is 104 Å². The van der Waals surface area contributed by atoms with E-state index in [1.807, 2.05) is 29.6 Å². The molecule has 0 aliphatic carbocycles. The van der Waals surface area contributed by atoms with Crippen molar-refractivity contribution in [2.45, 2.75) is 18.8 Å². The van der Waals surface area contributed by atoms with Crippen molar-refractivity contribution in [1.82, 2.24) is 15.2 Å². The van der Waals surface area contributed by atoms with Gasteiger partial charge in [-0.25, -0.2) is 4.98 Å². The van der Waals surface area contributed by atoms with E-state index in [1.165, 1.54) is 0 Å². The third kappa shape index (κ3) is 4.97. The van der Waals surface area contributed by atoms with Crippen molar-refractivity contribution in [3.8, 4) is 0 Å². The number of benzene rings is 1. The first-order valence-corrected chi connectivity index (χ1v) is 11.3. The summed E-state index contributed by atoms with van der Waals surface area (Å²) >= 11 is 1.58. The Kier molecular flexibility index (Phi) is 6.61. The molecule has 8 nitrogen and oxygen atoms in total. The van der Waals surface area contributed by atoms with Crippen molar-refractivity contribution in [2.24, 2.45) is 5.73 Å². The van der Waals surface area contributed by atoms with Crippen LogP contribution < -0.4 is 21.3 Å². The van der Waals surface area contributed by atoms with Gasteiger partial charge in [-0.3, -0.25) is 14.5 Å². The van der Waals surface area contributed by atoms with Crippen LogP contribution in [0.15, 0.2) is 29.6 Å². The highest BCUT2D eigenvalue weighted by Gasteiger charge is 2.23. The Morgan fingerprint density at radius 2 is 1.90 bits per heavy atom. The van der Waals surface area contributed by atoms with Gasteiger partial charge in [0.2, 0.25) is 5.91 Å². The molecule has 160 valence electrons. The van der Waals surface area contributed by atoms with Gasteiger partial charge in [-0.05, 0) is 38.1 Å². The van der Waals surface area contributed by atoms with Crippen LogP contribution in [0, 0.1) is 0 Å². The summed E-state index contributed by atoms with van der Waals surface area (Å²) < 4.78 is 0. The van der Waals surface area contributed by atoms with Crippen molar-refractivity contribution in [3.05, 3.63) is 40.3 Å². The zero-order chi connectivity index (χ0) is 20.9. The predicted molar refractivity (Wildman–Crippen MR) is 119 cm³/mol. The van der Waals surface area contributed by atoms with Gasteiger partial charge >= 0.3 is 0 Å². The van der Waals surface area contributed by atoms with Crippen LogP contribution in [-0.2, 0) is 4.79 Å². The first-order valence-electron chi connectivity index (χ1n) is 10.4. The van der Waals surface area contributed by atoms with Gasteiger partial charge in [0, 0.05) is 37.5 Å². The first-order chi connectivity index (χ1) is 14.6. The Hall–Kier alpha value is -2.49. The number of nitrogens with zero attached hydrogens (tertiary/aromatic N) is 3. The Morgan fingerprint density at radius 3 is 2.63 bits per heavy atom. The lowest BCUT2D eigenvalue weighted by atomic mass is 9.99. The van der Waals surface area contributed by atoms with Crippen LogP contribution in [0.5, 0.6) is 0 Å². The molecule has 0 atom stereocenters. The minimum atomic E-state index is -0.303. The van der Waals surface area contributed by atoms with Crippen molar-refractivity contribution in [2.75, 3.05) is 56.0 Å². The minimum absolute atomic E-state index is 0.175. The molecule has 0 spiro atoms. The maximum absolute atomic E-state index is 12.9. The van der Waals surface area contributed by atoms with Crippen LogP contribution in [0.3, 0.4) is 0 Å². The smallest absolute Gasteiger partial charge is 0.275 e. The number of anilines is 2. The average molecular weight is 429 g/mol. The molecule has 30 heavy (non-hydrogen) atoms. The molecular weight excluding hydrogens is 400 g/mol. The molecule has 3 heterocycles. The molecule has 1 aromatic heterocycles. The molecule has 0 unspecified atom stereocenters. The summed E-state index contributed by atoms with van der Waals surface area (Å²) in [6.07, 6.45) is 2.14.